The van der Waals surface area contributed by atoms with Crippen LogP contribution in [0.5, 0.6) is 11.5 Å². The molecule has 0 N–H and O–H groups in total. The molecule has 0 unspecified atom stereocenters. The summed E-state index contributed by atoms with van der Waals surface area (Å²) in [6.45, 7) is 1.47. The van der Waals surface area contributed by atoms with Gasteiger partial charge in [-0.05, 0) is 31.2 Å². The van der Waals surface area contributed by atoms with Gasteiger partial charge in [0.05, 0.1) is 16.9 Å². The van der Waals surface area contributed by atoms with E-state index < -0.39 is 16.6 Å². The van der Waals surface area contributed by atoms with E-state index in [2.05, 4.69) is 0 Å². The standard InChI is InChI=1S/C14H10ClF2NO3/c1-8-4-14(11(17)6-12(8)18(19)20)21-13-3-2-10(16)5-9(13)7-15/h2-6H,7H2,1H3. The van der Waals surface area contributed by atoms with Crippen LogP contribution in [-0.2, 0) is 5.88 Å². The second-order valence-corrected chi connectivity index (χ2v) is 4.58. The monoisotopic (exact) mass is 313 g/mol. The molecule has 0 aliphatic carbocycles. The molecule has 0 heterocycles. The molecule has 21 heavy (non-hydrogen) atoms. The van der Waals surface area contributed by atoms with Crippen LogP contribution in [0.1, 0.15) is 11.1 Å². The Kier molecular flexibility index (Phi) is 4.37. The van der Waals surface area contributed by atoms with Gasteiger partial charge in [-0.3, -0.25) is 10.1 Å². The van der Waals surface area contributed by atoms with Gasteiger partial charge in [-0.25, -0.2) is 8.78 Å². The fourth-order valence-corrected chi connectivity index (χ4v) is 2.00. The second kappa shape index (κ2) is 6.05. The summed E-state index contributed by atoms with van der Waals surface area (Å²) in [6, 6.07) is 5.66. The minimum absolute atomic E-state index is 0.0132. The molecular weight excluding hydrogens is 304 g/mol. The van der Waals surface area contributed by atoms with Gasteiger partial charge in [-0.1, -0.05) is 0 Å². The smallest absolute Gasteiger partial charge is 0.275 e. The zero-order valence-corrected chi connectivity index (χ0v) is 11.7. The van der Waals surface area contributed by atoms with Crippen LogP contribution in [0.2, 0.25) is 0 Å². The maximum Gasteiger partial charge on any atom is 0.275 e. The molecule has 0 atom stereocenters. The number of halogens is 3. The second-order valence-electron chi connectivity index (χ2n) is 4.31. The van der Waals surface area contributed by atoms with E-state index in [-0.39, 0.29) is 28.6 Å². The van der Waals surface area contributed by atoms with Gasteiger partial charge >= 0.3 is 0 Å². The molecule has 110 valence electrons. The van der Waals surface area contributed by atoms with Crippen LogP contribution < -0.4 is 4.74 Å². The molecule has 0 aromatic heterocycles. The van der Waals surface area contributed by atoms with Gasteiger partial charge in [-0.15, -0.1) is 11.6 Å². The summed E-state index contributed by atoms with van der Waals surface area (Å²) in [5.74, 6) is -1.37. The number of alkyl halides is 1. The van der Waals surface area contributed by atoms with Gasteiger partial charge in [0.15, 0.2) is 11.6 Å². The Morgan fingerprint density at radius 2 is 1.95 bits per heavy atom. The Morgan fingerprint density at radius 3 is 2.57 bits per heavy atom. The molecule has 4 nitrogen and oxygen atoms in total. The van der Waals surface area contributed by atoms with E-state index >= 15 is 0 Å². The molecule has 2 aromatic carbocycles. The minimum atomic E-state index is -0.878. The van der Waals surface area contributed by atoms with E-state index in [1.807, 2.05) is 0 Å². The summed E-state index contributed by atoms with van der Waals surface area (Å²) in [5, 5.41) is 10.7. The molecule has 0 spiro atoms. The maximum atomic E-state index is 13.9. The number of hydrogen-bond donors (Lipinski definition) is 0. The molecule has 0 amide bonds. The summed E-state index contributed by atoms with van der Waals surface area (Å²) in [4.78, 5) is 10.0. The van der Waals surface area contributed by atoms with Crippen LogP contribution in [0.3, 0.4) is 0 Å². The first-order valence-electron chi connectivity index (χ1n) is 5.89. The van der Waals surface area contributed by atoms with Crippen molar-refractivity contribution in [2.75, 3.05) is 0 Å². The van der Waals surface area contributed by atoms with Crippen molar-refractivity contribution >= 4 is 17.3 Å². The summed E-state index contributed by atoms with van der Waals surface area (Å²) >= 11 is 5.68. The third kappa shape index (κ3) is 3.28. The number of aryl methyl sites for hydroxylation is 1. The van der Waals surface area contributed by atoms with Crippen molar-refractivity contribution in [2.45, 2.75) is 12.8 Å². The fourth-order valence-electron chi connectivity index (χ4n) is 1.79. The van der Waals surface area contributed by atoms with E-state index in [0.29, 0.717) is 5.56 Å². The van der Waals surface area contributed by atoms with Crippen molar-refractivity contribution in [2.24, 2.45) is 0 Å². The molecule has 0 fully saturated rings. The molecule has 2 aromatic rings. The van der Waals surface area contributed by atoms with Crippen LogP contribution in [0.4, 0.5) is 14.5 Å². The van der Waals surface area contributed by atoms with Crippen LogP contribution in [0, 0.1) is 28.7 Å². The lowest BCUT2D eigenvalue weighted by Crippen LogP contribution is -1.97. The lowest BCUT2D eigenvalue weighted by molar-refractivity contribution is -0.385. The highest BCUT2D eigenvalue weighted by Crippen LogP contribution is 2.32. The third-order valence-electron chi connectivity index (χ3n) is 2.83. The van der Waals surface area contributed by atoms with Crippen molar-refractivity contribution < 1.29 is 18.4 Å². The van der Waals surface area contributed by atoms with Gasteiger partial charge in [0.1, 0.15) is 11.6 Å². The Morgan fingerprint density at radius 1 is 1.24 bits per heavy atom. The lowest BCUT2D eigenvalue weighted by Gasteiger charge is -2.11. The van der Waals surface area contributed by atoms with Gasteiger partial charge < -0.3 is 4.74 Å². The molecule has 0 radical (unpaired) electrons. The normalized spacial score (nSPS) is 10.5. The SMILES string of the molecule is Cc1cc(Oc2ccc(F)cc2CCl)c(F)cc1[N+](=O)[O-]. The van der Waals surface area contributed by atoms with E-state index in [9.17, 15) is 18.9 Å². The summed E-state index contributed by atoms with van der Waals surface area (Å²) in [7, 11) is 0. The summed E-state index contributed by atoms with van der Waals surface area (Å²) in [5.41, 5.74) is 0.273. The molecule has 0 bridgehead atoms. The van der Waals surface area contributed by atoms with Crippen molar-refractivity contribution in [3.63, 3.8) is 0 Å². The summed E-state index contributed by atoms with van der Waals surface area (Å²) < 4.78 is 32.3. The molecule has 7 heteroatoms. The number of nitro benzene ring substituents is 1. The number of nitro groups is 1. The van der Waals surface area contributed by atoms with Crippen molar-refractivity contribution in [3.8, 4) is 11.5 Å². The van der Waals surface area contributed by atoms with Crippen LogP contribution in [0.15, 0.2) is 30.3 Å². The van der Waals surface area contributed by atoms with Crippen LogP contribution in [0.25, 0.3) is 0 Å². The van der Waals surface area contributed by atoms with Gasteiger partial charge in [0.25, 0.3) is 5.69 Å². The molecule has 2 rings (SSSR count). The number of ether oxygens (including phenoxy) is 1. The zero-order chi connectivity index (χ0) is 15.6. The average Bonchev–Trinajstić information content (AvgIpc) is 2.43. The Hall–Kier alpha value is -2.21. The minimum Gasteiger partial charge on any atom is -0.454 e. The van der Waals surface area contributed by atoms with E-state index in [1.165, 1.54) is 25.1 Å². The Balaban J connectivity index is 2.41. The quantitative estimate of drug-likeness (QED) is 0.466. The molecule has 0 aliphatic rings. The third-order valence-corrected chi connectivity index (χ3v) is 3.12. The first-order valence-corrected chi connectivity index (χ1v) is 6.42. The van der Waals surface area contributed by atoms with E-state index in [0.717, 1.165) is 12.1 Å². The Bertz CT molecular complexity index is 707. The number of hydrogen-bond acceptors (Lipinski definition) is 3. The molecule has 0 saturated heterocycles. The topological polar surface area (TPSA) is 52.4 Å². The highest BCUT2D eigenvalue weighted by atomic mass is 35.5. The highest BCUT2D eigenvalue weighted by molar-refractivity contribution is 6.17. The molecule has 0 aliphatic heterocycles. The van der Waals surface area contributed by atoms with Crippen molar-refractivity contribution in [1.82, 2.24) is 0 Å². The van der Waals surface area contributed by atoms with E-state index in [4.69, 9.17) is 16.3 Å². The number of benzene rings is 2. The van der Waals surface area contributed by atoms with Gasteiger partial charge in [0, 0.05) is 11.1 Å². The lowest BCUT2D eigenvalue weighted by atomic mass is 10.2. The number of rotatable bonds is 4. The van der Waals surface area contributed by atoms with Crippen LogP contribution >= 0.6 is 11.6 Å². The molecule has 0 saturated carbocycles. The van der Waals surface area contributed by atoms with Gasteiger partial charge in [0.2, 0.25) is 0 Å². The van der Waals surface area contributed by atoms with E-state index in [1.54, 1.807) is 0 Å². The Labute approximate surface area is 124 Å². The first kappa shape index (κ1) is 15.2. The largest absolute Gasteiger partial charge is 0.454 e. The molecular formula is C14H10ClF2NO3. The number of nitrogens with zero attached hydrogens (tertiary/aromatic N) is 1. The first-order chi connectivity index (χ1) is 9.92. The predicted octanol–water partition coefficient (Wildman–Crippen LogP) is 4.71. The predicted molar refractivity (Wildman–Crippen MR) is 73.8 cm³/mol. The van der Waals surface area contributed by atoms with Crippen molar-refractivity contribution in [3.05, 3.63) is 63.2 Å². The zero-order valence-electron chi connectivity index (χ0n) is 10.9. The fraction of sp³-hybridized carbons (Fsp3) is 0.143. The van der Waals surface area contributed by atoms with Crippen molar-refractivity contribution in [1.29, 1.82) is 0 Å². The summed E-state index contributed by atoms with van der Waals surface area (Å²) in [6.07, 6.45) is 0. The van der Waals surface area contributed by atoms with Crippen LogP contribution in [-0.4, -0.2) is 4.92 Å². The average molecular weight is 314 g/mol. The highest BCUT2D eigenvalue weighted by Gasteiger charge is 2.17. The maximum absolute atomic E-state index is 13.9. The van der Waals surface area contributed by atoms with Gasteiger partial charge in [-0.2, -0.15) is 0 Å².